The standard InChI is InChI=1S/C23H23ClN6O2S/c1-14-8-9-19(18(24)10-14)25-20(31)13-33-23-27-26-22(30(23)3)17-12-29(2)28-21(17)15-6-5-7-16(11-15)32-4/h5-12H,13H2,1-4H3,(H,25,31). The van der Waals surface area contributed by atoms with Crippen molar-refractivity contribution in [2.45, 2.75) is 12.1 Å². The van der Waals surface area contributed by atoms with Gasteiger partial charge in [-0.05, 0) is 36.8 Å². The van der Waals surface area contributed by atoms with E-state index >= 15 is 0 Å². The van der Waals surface area contributed by atoms with Crippen LogP contribution in [0.1, 0.15) is 5.56 Å². The van der Waals surface area contributed by atoms with Crippen LogP contribution in [0.5, 0.6) is 5.75 Å². The molecule has 0 unspecified atom stereocenters. The van der Waals surface area contributed by atoms with Gasteiger partial charge in [0.2, 0.25) is 5.91 Å². The maximum absolute atomic E-state index is 12.4. The molecule has 0 atom stereocenters. The van der Waals surface area contributed by atoms with Gasteiger partial charge < -0.3 is 14.6 Å². The van der Waals surface area contributed by atoms with Crippen LogP contribution < -0.4 is 10.1 Å². The number of amides is 1. The van der Waals surface area contributed by atoms with Crippen LogP contribution in [0, 0.1) is 6.92 Å². The lowest BCUT2D eigenvalue weighted by Gasteiger charge is -2.08. The Labute approximate surface area is 200 Å². The van der Waals surface area contributed by atoms with Gasteiger partial charge in [0, 0.05) is 25.9 Å². The first kappa shape index (κ1) is 22.9. The van der Waals surface area contributed by atoms with Gasteiger partial charge >= 0.3 is 0 Å². The molecule has 0 spiro atoms. The van der Waals surface area contributed by atoms with Crippen LogP contribution in [0.2, 0.25) is 5.02 Å². The van der Waals surface area contributed by atoms with Crippen LogP contribution >= 0.6 is 23.4 Å². The Bertz CT molecular complexity index is 1320. The molecule has 0 radical (unpaired) electrons. The van der Waals surface area contributed by atoms with E-state index in [2.05, 4.69) is 20.6 Å². The van der Waals surface area contributed by atoms with Crippen molar-refractivity contribution in [1.82, 2.24) is 24.5 Å². The molecule has 4 aromatic rings. The number of anilines is 1. The minimum atomic E-state index is -0.172. The van der Waals surface area contributed by atoms with Crippen LogP contribution in [0.15, 0.2) is 53.8 Å². The first-order valence-electron chi connectivity index (χ1n) is 10.1. The molecule has 0 aliphatic rings. The molecule has 33 heavy (non-hydrogen) atoms. The van der Waals surface area contributed by atoms with E-state index in [4.69, 9.17) is 16.3 Å². The summed E-state index contributed by atoms with van der Waals surface area (Å²) in [6, 6.07) is 13.2. The lowest BCUT2D eigenvalue weighted by molar-refractivity contribution is -0.113. The third-order valence-electron chi connectivity index (χ3n) is 4.98. The zero-order valence-electron chi connectivity index (χ0n) is 18.7. The summed E-state index contributed by atoms with van der Waals surface area (Å²) < 4.78 is 8.95. The van der Waals surface area contributed by atoms with Crippen molar-refractivity contribution in [3.63, 3.8) is 0 Å². The van der Waals surface area contributed by atoms with Gasteiger partial charge in [-0.3, -0.25) is 9.48 Å². The maximum atomic E-state index is 12.4. The minimum Gasteiger partial charge on any atom is -0.497 e. The third kappa shape index (κ3) is 5.04. The average molecular weight is 483 g/mol. The maximum Gasteiger partial charge on any atom is 0.234 e. The summed E-state index contributed by atoms with van der Waals surface area (Å²) in [5, 5.41) is 17.2. The number of thioether (sulfide) groups is 1. The number of benzene rings is 2. The van der Waals surface area contributed by atoms with E-state index in [0.29, 0.717) is 21.7 Å². The van der Waals surface area contributed by atoms with Crippen molar-refractivity contribution in [2.24, 2.45) is 14.1 Å². The van der Waals surface area contributed by atoms with Crippen molar-refractivity contribution in [3.05, 3.63) is 59.2 Å². The lowest BCUT2D eigenvalue weighted by atomic mass is 10.1. The first-order chi connectivity index (χ1) is 15.9. The predicted octanol–water partition coefficient (Wildman–Crippen LogP) is 4.58. The zero-order chi connectivity index (χ0) is 23.5. The van der Waals surface area contributed by atoms with Gasteiger partial charge in [-0.1, -0.05) is 41.6 Å². The molecule has 1 amide bonds. The van der Waals surface area contributed by atoms with Gasteiger partial charge in [-0.25, -0.2) is 0 Å². The van der Waals surface area contributed by atoms with Crippen LogP contribution in [0.25, 0.3) is 22.6 Å². The Morgan fingerprint density at radius 2 is 2.00 bits per heavy atom. The number of carbonyl (C=O) groups is 1. The molecule has 0 aliphatic carbocycles. The lowest BCUT2D eigenvalue weighted by Crippen LogP contribution is -2.14. The Morgan fingerprint density at radius 1 is 1.18 bits per heavy atom. The van der Waals surface area contributed by atoms with E-state index < -0.39 is 0 Å². The number of ether oxygens (including phenoxy) is 1. The van der Waals surface area contributed by atoms with E-state index in [1.165, 1.54) is 11.8 Å². The Kier molecular flexibility index (Phi) is 6.71. The van der Waals surface area contributed by atoms with Crippen LogP contribution in [-0.4, -0.2) is 43.3 Å². The molecular formula is C23H23ClN6O2S. The topological polar surface area (TPSA) is 86.9 Å². The number of methoxy groups -OCH3 is 1. The molecular weight excluding hydrogens is 460 g/mol. The highest BCUT2D eigenvalue weighted by atomic mass is 35.5. The van der Waals surface area contributed by atoms with E-state index in [0.717, 1.165) is 28.1 Å². The molecule has 2 aromatic heterocycles. The molecule has 2 heterocycles. The summed E-state index contributed by atoms with van der Waals surface area (Å²) in [7, 11) is 5.36. The number of carbonyl (C=O) groups excluding carboxylic acids is 1. The summed E-state index contributed by atoms with van der Waals surface area (Å²) in [6.45, 7) is 1.95. The number of rotatable bonds is 7. The SMILES string of the molecule is COc1cccc(-c2nn(C)cc2-c2nnc(SCC(=O)Nc3ccc(C)cc3Cl)n2C)c1. The summed E-state index contributed by atoms with van der Waals surface area (Å²) >= 11 is 7.51. The molecule has 10 heteroatoms. The highest BCUT2D eigenvalue weighted by Gasteiger charge is 2.20. The highest BCUT2D eigenvalue weighted by molar-refractivity contribution is 7.99. The summed E-state index contributed by atoms with van der Waals surface area (Å²) in [5.74, 6) is 1.41. The van der Waals surface area contributed by atoms with Gasteiger partial charge in [0.1, 0.15) is 11.4 Å². The molecule has 4 rings (SSSR count). The minimum absolute atomic E-state index is 0.172. The molecule has 0 saturated heterocycles. The Hall–Kier alpha value is -3.30. The molecule has 0 fully saturated rings. The summed E-state index contributed by atoms with van der Waals surface area (Å²) in [4.78, 5) is 12.4. The fourth-order valence-corrected chi connectivity index (χ4v) is 4.34. The van der Waals surface area contributed by atoms with Crippen molar-refractivity contribution in [2.75, 3.05) is 18.2 Å². The van der Waals surface area contributed by atoms with Gasteiger partial charge in [0.25, 0.3) is 0 Å². The zero-order valence-corrected chi connectivity index (χ0v) is 20.2. The Balaban J connectivity index is 1.52. The van der Waals surface area contributed by atoms with E-state index in [1.54, 1.807) is 17.9 Å². The second-order valence-electron chi connectivity index (χ2n) is 7.48. The van der Waals surface area contributed by atoms with Gasteiger partial charge in [0.15, 0.2) is 11.0 Å². The molecule has 0 bridgehead atoms. The van der Waals surface area contributed by atoms with Crippen LogP contribution in [0.4, 0.5) is 5.69 Å². The second-order valence-corrected chi connectivity index (χ2v) is 8.83. The van der Waals surface area contributed by atoms with Crippen molar-refractivity contribution >= 4 is 35.0 Å². The number of aromatic nitrogens is 5. The summed E-state index contributed by atoms with van der Waals surface area (Å²) in [5.41, 5.74) is 4.14. The fraction of sp³-hybridized carbons (Fsp3) is 0.217. The third-order valence-corrected chi connectivity index (χ3v) is 6.31. The van der Waals surface area contributed by atoms with Crippen molar-refractivity contribution in [1.29, 1.82) is 0 Å². The van der Waals surface area contributed by atoms with Crippen molar-refractivity contribution < 1.29 is 9.53 Å². The van der Waals surface area contributed by atoms with Crippen molar-refractivity contribution in [3.8, 4) is 28.4 Å². The largest absolute Gasteiger partial charge is 0.497 e. The molecule has 8 nitrogen and oxygen atoms in total. The molecule has 2 aromatic carbocycles. The Morgan fingerprint density at radius 3 is 2.76 bits per heavy atom. The van der Waals surface area contributed by atoms with Gasteiger partial charge in [-0.15, -0.1) is 10.2 Å². The highest BCUT2D eigenvalue weighted by Crippen LogP contribution is 2.33. The van der Waals surface area contributed by atoms with E-state index in [1.807, 2.05) is 68.2 Å². The molecule has 0 saturated carbocycles. The van der Waals surface area contributed by atoms with Gasteiger partial charge in [-0.2, -0.15) is 5.10 Å². The van der Waals surface area contributed by atoms with Gasteiger partial charge in [0.05, 0.1) is 29.1 Å². The van der Waals surface area contributed by atoms with E-state index in [9.17, 15) is 4.79 Å². The number of halogens is 1. The second kappa shape index (κ2) is 9.68. The number of nitrogens with zero attached hydrogens (tertiary/aromatic N) is 5. The number of aryl methyl sites for hydroxylation is 2. The monoisotopic (exact) mass is 482 g/mol. The normalized spacial score (nSPS) is 10.9. The molecule has 0 aliphatic heterocycles. The predicted molar refractivity (Wildman–Crippen MR) is 131 cm³/mol. The number of nitrogens with one attached hydrogen (secondary N) is 1. The quantitative estimate of drug-likeness (QED) is 0.388. The van der Waals surface area contributed by atoms with Crippen LogP contribution in [-0.2, 0) is 18.9 Å². The summed E-state index contributed by atoms with van der Waals surface area (Å²) in [6.07, 6.45) is 1.90. The first-order valence-corrected chi connectivity index (χ1v) is 11.5. The average Bonchev–Trinajstić information content (AvgIpc) is 3.36. The number of hydrogen-bond donors (Lipinski definition) is 1. The molecule has 170 valence electrons. The fourth-order valence-electron chi connectivity index (χ4n) is 3.35. The van der Waals surface area contributed by atoms with Crippen LogP contribution in [0.3, 0.4) is 0 Å². The smallest absolute Gasteiger partial charge is 0.234 e. The molecule has 1 N–H and O–H groups in total. The van der Waals surface area contributed by atoms with E-state index in [-0.39, 0.29) is 11.7 Å². The number of hydrogen-bond acceptors (Lipinski definition) is 6.